The van der Waals surface area contributed by atoms with Gasteiger partial charge in [-0.25, -0.2) is 0 Å². The minimum atomic E-state index is 0.167. The molecular weight excluding hydrogens is 236 g/mol. The van der Waals surface area contributed by atoms with E-state index in [1.54, 1.807) is 0 Å². The van der Waals surface area contributed by atoms with Gasteiger partial charge in [0.1, 0.15) is 0 Å². The number of aryl methyl sites for hydroxylation is 1. The Labute approximate surface area is 115 Å². The lowest BCUT2D eigenvalue weighted by molar-refractivity contribution is -0.120. The number of hydrogen-bond acceptors (Lipinski definition) is 2. The van der Waals surface area contributed by atoms with Gasteiger partial charge in [0, 0.05) is 18.2 Å². The molecule has 0 heterocycles. The molecule has 1 atom stereocenters. The first kappa shape index (κ1) is 14.1. The van der Waals surface area contributed by atoms with E-state index < -0.39 is 0 Å². The summed E-state index contributed by atoms with van der Waals surface area (Å²) in [5.74, 6) is 0.428. The largest absolute Gasteiger partial charge is 0.330 e. The van der Waals surface area contributed by atoms with Crippen LogP contribution in [0.15, 0.2) is 24.3 Å². The maximum Gasteiger partial charge on any atom is 0.230 e. The van der Waals surface area contributed by atoms with Crippen LogP contribution in [0, 0.1) is 18.3 Å². The summed E-state index contributed by atoms with van der Waals surface area (Å²) in [6, 6.07) is 8.07. The number of carbonyl (C=O) groups is 1. The van der Waals surface area contributed by atoms with Gasteiger partial charge in [0.05, 0.1) is 0 Å². The molecule has 2 N–H and O–H groups in total. The van der Waals surface area contributed by atoms with Gasteiger partial charge in [-0.3, -0.25) is 4.79 Å². The number of para-hydroxylation sites is 1. The van der Waals surface area contributed by atoms with E-state index in [9.17, 15) is 4.79 Å². The lowest BCUT2D eigenvalue weighted by Gasteiger charge is -2.25. The number of benzene rings is 1. The quantitative estimate of drug-likeness (QED) is 0.884. The number of carbonyl (C=O) groups excluding carboxylic acids is 1. The van der Waals surface area contributed by atoms with Gasteiger partial charge in [-0.05, 0) is 43.4 Å². The van der Waals surface area contributed by atoms with Crippen molar-refractivity contribution in [3.63, 3.8) is 0 Å². The zero-order valence-electron chi connectivity index (χ0n) is 12.1. The second-order valence-corrected chi connectivity index (χ2v) is 6.16. The van der Waals surface area contributed by atoms with Gasteiger partial charge in [-0.15, -0.1) is 0 Å². The number of anilines is 1. The van der Waals surface area contributed by atoms with Crippen LogP contribution < -0.4 is 10.6 Å². The summed E-state index contributed by atoms with van der Waals surface area (Å²) in [7, 11) is 0. The van der Waals surface area contributed by atoms with Gasteiger partial charge in [0.25, 0.3) is 0 Å². The highest BCUT2D eigenvalue weighted by atomic mass is 16.2. The van der Waals surface area contributed by atoms with Crippen LogP contribution in [0.5, 0.6) is 0 Å². The lowest BCUT2D eigenvalue weighted by atomic mass is 10.1. The standard InChI is InChI=1S/C16H24N2O/c1-12-7-4-5-8-14(12)18(10-6-9-17)15(19)13-11-16(13,2)3/h4-5,7-8,13H,6,9-11,17H2,1-3H3. The van der Waals surface area contributed by atoms with Crippen LogP contribution in [0.4, 0.5) is 5.69 Å². The first-order valence-electron chi connectivity index (χ1n) is 7.04. The van der Waals surface area contributed by atoms with Crippen LogP contribution in [0.25, 0.3) is 0 Å². The fourth-order valence-electron chi connectivity index (χ4n) is 2.54. The topological polar surface area (TPSA) is 46.3 Å². The molecule has 1 aliphatic carbocycles. The monoisotopic (exact) mass is 260 g/mol. The van der Waals surface area contributed by atoms with Crippen molar-refractivity contribution >= 4 is 11.6 Å². The average molecular weight is 260 g/mol. The predicted octanol–water partition coefficient (Wildman–Crippen LogP) is 2.72. The fraction of sp³-hybridized carbons (Fsp3) is 0.562. The number of nitrogens with two attached hydrogens (primary N) is 1. The normalized spacial score (nSPS) is 20.1. The minimum absolute atomic E-state index is 0.167. The minimum Gasteiger partial charge on any atom is -0.330 e. The van der Waals surface area contributed by atoms with Crippen molar-refractivity contribution < 1.29 is 4.79 Å². The van der Waals surface area contributed by atoms with E-state index in [-0.39, 0.29) is 17.2 Å². The Bertz CT molecular complexity index is 468. The van der Waals surface area contributed by atoms with E-state index in [1.807, 2.05) is 23.1 Å². The second-order valence-electron chi connectivity index (χ2n) is 6.16. The Kier molecular flexibility index (Phi) is 3.95. The molecule has 104 valence electrons. The van der Waals surface area contributed by atoms with E-state index in [4.69, 9.17) is 5.73 Å². The van der Waals surface area contributed by atoms with Gasteiger partial charge in [0.2, 0.25) is 5.91 Å². The molecule has 0 saturated heterocycles. The third kappa shape index (κ3) is 2.98. The van der Waals surface area contributed by atoms with E-state index in [0.717, 1.165) is 24.1 Å². The molecule has 0 aliphatic heterocycles. The summed E-state index contributed by atoms with van der Waals surface area (Å²) in [4.78, 5) is 14.6. The average Bonchev–Trinajstić information content (AvgIpc) is 3.00. The van der Waals surface area contributed by atoms with Gasteiger partial charge in [0.15, 0.2) is 0 Å². The zero-order valence-corrected chi connectivity index (χ0v) is 12.1. The van der Waals surface area contributed by atoms with Crippen LogP contribution >= 0.6 is 0 Å². The number of rotatable bonds is 5. The second kappa shape index (κ2) is 5.33. The molecule has 1 unspecified atom stereocenters. The van der Waals surface area contributed by atoms with Crippen LogP contribution in [0.1, 0.15) is 32.3 Å². The van der Waals surface area contributed by atoms with Crippen molar-refractivity contribution in [1.82, 2.24) is 0 Å². The smallest absolute Gasteiger partial charge is 0.230 e. The van der Waals surface area contributed by atoms with E-state index >= 15 is 0 Å². The molecular formula is C16H24N2O. The molecule has 1 amide bonds. The highest BCUT2D eigenvalue weighted by Crippen LogP contribution is 2.52. The Morgan fingerprint density at radius 3 is 2.58 bits per heavy atom. The summed E-state index contributed by atoms with van der Waals surface area (Å²) in [5.41, 5.74) is 7.94. The molecule has 19 heavy (non-hydrogen) atoms. The SMILES string of the molecule is Cc1ccccc1N(CCCN)C(=O)C1CC1(C)C. The third-order valence-corrected chi connectivity index (χ3v) is 4.07. The Morgan fingerprint density at radius 1 is 1.42 bits per heavy atom. The zero-order chi connectivity index (χ0) is 14.0. The summed E-state index contributed by atoms with van der Waals surface area (Å²) in [6.45, 7) is 7.70. The van der Waals surface area contributed by atoms with Crippen LogP contribution in [0.2, 0.25) is 0 Å². The molecule has 1 saturated carbocycles. The molecule has 1 aromatic carbocycles. The number of amides is 1. The first-order chi connectivity index (χ1) is 8.97. The fourth-order valence-corrected chi connectivity index (χ4v) is 2.54. The van der Waals surface area contributed by atoms with Gasteiger partial charge >= 0.3 is 0 Å². The highest BCUT2D eigenvalue weighted by molar-refractivity contribution is 5.97. The van der Waals surface area contributed by atoms with Crippen molar-refractivity contribution in [1.29, 1.82) is 0 Å². The van der Waals surface area contributed by atoms with Gasteiger partial charge in [-0.1, -0.05) is 32.0 Å². The van der Waals surface area contributed by atoms with Crippen molar-refractivity contribution in [2.24, 2.45) is 17.1 Å². The van der Waals surface area contributed by atoms with Crippen molar-refractivity contribution in [3.8, 4) is 0 Å². The van der Waals surface area contributed by atoms with Crippen LogP contribution in [-0.2, 0) is 4.79 Å². The molecule has 1 aliphatic rings. The maximum atomic E-state index is 12.7. The number of hydrogen-bond donors (Lipinski definition) is 1. The Morgan fingerprint density at radius 2 is 2.05 bits per heavy atom. The Balaban J connectivity index is 2.21. The summed E-state index contributed by atoms with van der Waals surface area (Å²) in [5, 5.41) is 0. The van der Waals surface area contributed by atoms with Crippen molar-refractivity contribution in [3.05, 3.63) is 29.8 Å². The van der Waals surface area contributed by atoms with E-state index in [1.165, 1.54) is 0 Å². The summed E-state index contributed by atoms with van der Waals surface area (Å²) >= 11 is 0. The van der Waals surface area contributed by atoms with Crippen molar-refractivity contribution in [2.75, 3.05) is 18.0 Å². The number of nitrogens with zero attached hydrogens (tertiary/aromatic N) is 1. The molecule has 0 aromatic heterocycles. The van der Waals surface area contributed by atoms with Gasteiger partial charge < -0.3 is 10.6 Å². The molecule has 0 radical (unpaired) electrons. The van der Waals surface area contributed by atoms with Crippen LogP contribution in [-0.4, -0.2) is 19.0 Å². The molecule has 3 heteroatoms. The lowest BCUT2D eigenvalue weighted by Crippen LogP contribution is -2.35. The molecule has 3 nitrogen and oxygen atoms in total. The van der Waals surface area contributed by atoms with E-state index in [0.29, 0.717) is 13.1 Å². The Hall–Kier alpha value is -1.35. The molecule has 0 bridgehead atoms. The summed E-state index contributed by atoms with van der Waals surface area (Å²) < 4.78 is 0. The van der Waals surface area contributed by atoms with Crippen LogP contribution in [0.3, 0.4) is 0 Å². The molecule has 0 spiro atoms. The van der Waals surface area contributed by atoms with Gasteiger partial charge in [-0.2, -0.15) is 0 Å². The first-order valence-corrected chi connectivity index (χ1v) is 7.04. The predicted molar refractivity (Wildman–Crippen MR) is 79.1 cm³/mol. The van der Waals surface area contributed by atoms with Crippen molar-refractivity contribution in [2.45, 2.75) is 33.6 Å². The molecule has 1 aromatic rings. The maximum absolute atomic E-state index is 12.7. The molecule has 1 fully saturated rings. The third-order valence-electron chi connectivity index (χ3n) is 4.07. The van der Waals surface area contributed by atoms with E-state index in [2.05, 4.69) is 26.8 Å². The molecule has 2 rings (SSSR count). The highest BCUT2D eigenvalue weighted by Gasteiger charge is 2.52. The summed E-state index contributed by atoms with van der Waals surface area (Å²) in [6.07, 6.45) is 1.84.